The van der Waals surface area contributed by atoms with E-state index in [1.807, 2.05) is 0 Å². The molecule has 1 N–H and O–H groups in total. The van der Waals surface area contributed by atoms with Crippen LogP contribution in [0.3, 0.4) is 0 Å². The zero-order valence-corrected chi connectivity index (χ0v) is 15.3. The summed E-state index contributed by atoms with van der Waals surface area (Å²) in [6, 6.07) is 6.27. The molecule has 142 valence electrons. The van der Waals surface area contributed by atoms with Gasteiger partial charge < -0.3 is 14.8 Å². The molecule has 0 aromatic heterocycles. The number of benzene rings is 1. The van der Waals surface area contributed by atoms with Gasteiger partial charge in [-0.3, -0.25) is 4.79 Å². The first-order chi connectivity index (χ1) is 12.5. The summed E-state index contributed by atoms with van der Waals surface area (Å²) < 4.78 is 13.4. The molecule has 2 aliphatic rings. The Labute approximate surface area is 153 Å². The Hall–Kier alpha value is -1.95. The lowest BCUT2D eigenvalue weighted by molar-refractivity contribution is -0.155. The molecule has 1 atom stereocenters. The highest BCUT2D eigenvalue weighted by atomic mass is 19.1. The van der Waals surface area contributed by atoms with E-state index in [-0.39, 0.29) is 11.9 Å². The molecule has 6 heteroatoms. The standard InChI is InChI=1S/C20H27FN2O3/c1-2-3-9-23-10-7-20(8-11-23,19(24)25)14-17-13-18(22-26-17)15-5-4-6-16(21)12-15/h4-6,12,17H,2-3,7-11,13-14H2,1H3,(H,24,25). The summed E-state index contributed by atoms with van der Waals surface area (Å²) in [5.74, 6) is -1.05. The summed E-state index contributed by atoms with van der Waals surface area (Å²) in [6.45, 7) is 4.84. The van der Waals surface area contributed by atoms with Crippen molar-refractivity contribution in [3.05, 3.63) is 35.6 Å². The zero-order chi connectivity index (χ0) is 18.6. The van der Waals surface area contributed by atoms with Crippen LogP contribution in [-0.4, -0.2) is 47.4 Å². The number of nitrogens with zero attached hydrogens (tertiary/aromatic N) is 2. The number of hydrogen-bond donors (Lipinski definition) is 1. The van der Waals surface area contributed by atoms with Gasteiger partial charge in [-0.1, -0.05) is 30.6 Å². The number of rotatable bonds is 7. The summed E-state index contributed by atoms with van der Waals surface area (Å²) in [5, 5.41) is 14.0. The van der Waals surface area contributed by atoms with Gasteiger partial charge in [0.25, 0.3) is 0 Å². The maximum absolute atomic E-state index is 13.4. The lowest BCUT2D eigenvalue weighted by Crippen LogP contribution is -2.46. The zero-order valence-electron chi connectivity index (χ0n) is 15.3. The SMILES string of the molecule is CCCCN1CCC(CC2CC(c3cccc(F)c3)=NO2)(C(=O)O)CC1. The largest absolute Gasteiger partial charge is 0.481 e. The van der Waals surface area contributed by atoms with Crippen LogP contribution in [0.5, 0.6) is 0 Å². The van der Waals surface area contributed by atoms with Crippen molar-refractivity contribution in [3.63, 3.8) is 0 Å². The van der Waals surface area contributed by atoms with Crippen molar-refractivity contribution in [2.24, 2.45) is 10.6 Å². The van der Waals surface area contributed by atoms with Gasteiger partial charge in [-0.25, -0.2) is 4.39 Å². The molecule has 0 aliphatic carbocycles. The summed E-state index contributed by atoms with van der Waals surface area (Å²) in [6.07, 6.45) is 4.30. The highest BCUT2D eigenvalue weighted by Gasteiger charge is 2.44. The molecule has 2 heterocycles. The predicted molar refractivity (Wildman–Crippen MR) is 97.7 cm³/mol. The van der Waals surface area contributed by atoms with E-state index in [1.54, 1.807) is 12.1 Å². The molecule has 1 aromatic carbocycles. The molecule has 1 fully saturated rings. The van der Waals surface area contributed by atoms with Gasteiger partial charge in [-0.2, -0.15) is 0 Å². The van der Waals surface area contributed by atoms with E-state index in [1.165, 1.54) is 12.1 Å². The van der Waals surface area contributed by atoms with Crippen molar-refractivity contribution in [2.75, 3.05) is 19.6 Å². The number of carboxylic acid groups (broad SMARTS) is 1. The quantitative estimate of drug-likeness (QED) is 0.804. The smallest absolute Gasteiger partial charge is 0.309 e. The van der Waals surface area contributed by atoms with Gasteiger partial charge in [0.1, 0.15) is 11.9 Å². The van der Waals surface area contributed by atoms with Crippen molar-refractivity contribution >= 4 is 11.7 Å². The summed E-state index contributed by atoms with van der Waals surface area (Å²) >= 11 is 0. The second kappa shape index (κ2) is 8.16. The van der Waals surface area contributed by atoms with Crippen LogP contribution < -0.4 is 0 Å². The third-order valence-corrected chi connectivity index (χ3v) is 5.60. The number of oxime groups is 1. The van der Waals surface area contributed by atoms with E-state index in [2.05, 4.69) is 17.0 Å². The van der Waals surface area contributed by atoms with Gasteiger partial charge in [-0.15, -0.1) is 0 Å². The predicted octanol–water partition coefficient (Wildman–Crippen LogP) is 3.68. The van der Waals surface area contributed by atoms with Crippen molar-refractivity contribution in [1.29, 1.82) is 0 Å². The molecule has 1 unspecified atom stereocenters. The van der Waals surface area contributed by atoms with Crippen LogP contribution in [0.15, 0.2) is 29.4 Å². The fraction of sp³-hybridized carbons (Fsp3) is 0.600. The molecule has 0 spiro atoms. The lowest BCUT2D eigenvalue weighted by atomic mass is 9.73. The molecule has 0 bridgehead atoms. The first-order valence-electron chi connectivity index (χ1n) is 9.47. The van der Waals surface area contributed by atoms with Crippen molar-refractivity contribution < 1.29 is 19.1 Å². The van der Waals surface area contributed by atoms with Crippen molar-refractivity contribution in [1.82, 2.24) is 4.90 Å². The van der Waals surface area contributed by atoms with Crippen LogP contribution in [0, 0.1) is 11.2 Å². The second-order valence-corrected chi connectivity index (χ2v) is 7.46. The molecule has 1 saturated heterocycles. The molecule has 3 rings (SSSR count). The van der Waals surface area contributed by atoms with E-state index in [0.717, 1.165) is 32.5 Å². The van der Waals surface area contributed by atoms with E-state index < -0.39 is 11.4 Å². The molecule has 26 heavy (non-hydrogen) atoms. The Morgan fingerprint density at radius 2 is 2.19 bits per heavy atom. The Balaban J connectivity index is 1.59. The van der Waals surface area contributed by atoms with Crippen LogP contribution in [-0.2, 0) is 9.63 Å². The fourth-order valence-corrected chi connectivity index (χ4v) is 3.90. The minimum absolute atomic E-state index is 0.258. The molecule has 0 saturated carbocycles. The Bertz CT molecular complexity index is 669. The van der Waals surface area contributed by atoms with Gasteiger partial charge in [0.05, 0.1) is 11.1 Å². The highest BCUT2D eigenvalue weighted by molar-refractivity contribution is 6.01. The number of unbranched alkanes of at least 4 members (excludes halogenated alkanes) is 1. The molecule has 0 radical (unpaired) electrons. The minimum atomic E-state index is -0.750. The maximum Gasteiger partial charge on any atom is 0.309 e. The van der Waals surface area contributed by atoms with Gasteiger partial charge in [-0.05, 0) is 51.0 Å². The molecule has 2 aliphatic heterocycles. The van der Waals surface area contributed by atoms with Crippen LogP contribution in [0.4, 0.5) is 4.39 Å². The van der Waals surface area contributed by atoms with Gasteiger partial charge in [0.15, 0.2) is 0 Å². The maximum atomic E-state index is 13.4. The van der Waals surface area contributed by atoms with Gasteiger partial charge in [0, 0.05) is 18.4 Å². The highest BCUT2D eigenvalue weighted by Crippen LogP contribution is 2.39. The van der Waals surface area contributed by atoms with E-state index >= 15 is 0 Å². The molecular formula is C20H27FN2O3. The van der Waals surface area contributed by atoms with Gasteiger partial charge >= 0.3 is 5.97 Å². The monoisotopic (exact) mass is 362 g/mol. The first-order valence-corrected chi connectivity index (χ1v) is 9.47. The van der Waals surface area contributed by atoms with Crippen molar-refractivity contribution in [3.8, 4) is 0 Å². The molecule has 5 nitrogen and oxygen atoms in total. The first kappa shape index (κ1) is 18.8. The number of halogens is 1. The molecular weight excluding hydrogens is 335 g/mol. The number of carbonyl (C=O) groups is 1. The lowest BCUT2D eigenvalue weighted by Gasteiger charge is -2.39. The number of carboxylic acids is 1. The van der Waals surface area contributed by atoms with E-state index in [0.29, 0.717) is 37.0 Å². The van der Waals surface area contributed by atoms with Crippen LogP contribution in [0.25, 0.3) is 0 Å². The minimum Gasteiger partial charge on any atom is -0.481 e. The summed E-state index contributed by atoms with van der Waals surface area (Å²) in [4.78, 5) is 19.9. The average molecular weight is 362 g/mol. The number of likely N-dealkylation sites (tertiary alicyclic amines) is 1. The fourth-order valence-electron chi connectivity index (χ4n) is 3.90. The van der Waals surface area contributed by atoms with Crippen molar-refractivity contribution in [2.45, 2.75) is 51.6 Å². The third kappa shape index (κ3) is 4.23. The normalized spacial score (nSPS) is 22.7. The van der Waals surface area contributed by atoms with E-state index in [4.69, 9.17) is 4.84 Å². The van der Waals surface area contributed by atoms with Crippen LogP contribution >= 0.6 is 0 Å². The summed E-state index contributed by atoms with van der Waals surface area (Å²) in [5.41, 5.74) is 0.641. The number of hydrogen-bond acceptors (Lipinski definition) is 4. The van der Waals surface area contributed by atoms with Gasteiger partial charge in [0.2, 0.25) is 0 Å². The third-order valence-electron chi connectivity index (χ3n) is 5.60. The Morgan fingerprint density at radius 1 is 1.42 bits per heavy atom. The average Bonchev–Trinajstić information content (AvgIpc) is 3.09. The number of aliphatic carboxylic acids is 1. The second-order valence-electron chi connectivity index (χ2n) is 7.46. The van der Waals surface area contributed by atoms with Crippen LogP contribution in [0.1, 0.15) is 51.0 Å². The number of piperidine rings is 1. The Morgan fingerprint density at radius 3 is 2.85 bits per heavy atom. The topological polar surface area (TPSA) is 62.1 Å². The van der Waals surface area contributed by atoms with E-state index in [9.17, 15) is 14.3 Å². The summed E-state index contributed by atoms with van der Waals surface area (Å²) in [7, 11) is 0. The Kier molecular flexibility index (Phi) is 5.91. The molecule has 0 amide bonds. The van der Waals surface area contributed by atoms with Crippen LogP contribution in [0.2, 0.25) is 0 Å². The molecule has 1 aromatic rings.